The maximum atomic E-state index is 9.77. The highest BCUT2D eigenvalue weighted by atomic mass is 35.5. The van der Waals surface area contributed by atoms with Gasteiger partial charge in [0.1, 0.15) is 0 Å². The lowest BCUT2D eigenvalue weighted by atomic mass is 10.9. The van der Waals surface area contributed by atoms with Crippen molar-refractivity contribution in [2.24, 2.45) is 0 Å². The first kappa shape index (κ1) is 8.27. The van der Waals surface area contributed by atoms with Crippen molar-refractivity contribution >= 4 is 24.8 Å². The van der Waals surface area contributed by atoms with Gasteiger partial charge in [-0.2, -0.15) is 14.7 Å². The second-order valence-electron chi connectivity index (χ2n) is 1.21. The third-order valence-electron chi connectivity index (χ3n) is 0.336. The molecule has 0 saturated heterocycles. The molecule has 0 saturated carbocycles. The summed E-state index contributed by atoms with van der Waals surface area (Å²) < 4.78 is 0. The van der Waals surface area contributed by atoms with E-state index in [1.807, 2.05) is 0 Å². The minimum absolute atomic E-state index is 0.769. The minimum Gasteiger partial charge on any atom is -0.277 e. The lowest BCUT2D eigenvalue weighted by Crippen LogP contribution is -2.01. The summed E-state index contributed by atoms with van der Waals surface area (Å²) in [5.74, 6) is 0. The highest BCUT2D eigenvalue weighted by Gasteiger charge is 2.32. The summed E-state index contributed by atoms with van der Waals surface area (Å²) in [4.78, 5) is 34.1. The van der Waals surface area contributed by atoms with Crippen molar-refractivity contribution in [2.75, 3.05) is 6.16 Å². The maximum Gasteiger partial charge on any atom is 0.412 e. The predicted molar refractivity (Wildman–Crippen MR) is 29.3 cm³/mol. The monoisotopic (exact) mass is 159 g/mol. The van der Waals surface area contributed by atoms with Crippen LogP contribution in [-0.4, -0.2) is 26.1 Å². The molecule has 3 N–H and O–H groups in total. The summed E-state index contributed by atoms with van der Waals surface area (Å²) in [7, 11) is -3.95. The first-order valence-electron chi connectivity index (χ1n) is 1.66. The van der Waals surface area contributed by atoms with Crippen molar-refractivity contribution < 1.29 is 19.5 Å². The van der Waals surface area contributed by atoms with Crippen LogP contribution in [0.1, 0.15) is 0 Å². The largest absolute Gasteiger partial charge is 0.412 e. The molecule has 0 aromatic heterocycles. The Hall–Kier alpha value is 0.270. The van der Waals surface area contributed by atoms with Crippen molar-refractivity contribution in [3.8, 4) is 0 Å². The van der Waals surface area contributed by atoms with Crippen LogP contribution in [0, 0.1) is 0 Å². The molecule has 0 atom stereocenters. The highest BCUT2D eigenvalue weighted by molar-refractivity contribution is 7.60. The molecule has 0 amide bonds. The fourth-order valence-electron chi connectivity index (χ4n) is 0.167. The summed E-state index contributed by atoms with van der Waals surface area (Å²) in [6.45, 7) is 0. The summed E-state index contributed by atoms with van der Waals surface area (Å²) in [5.41, 5.74) is 0. The lowest BCUT2D eigenvalue weighted by molar-refractivity contribution is -0.109. The van der Waals surface area contributed by atoms with Crippen LogP contribution >= 0.6 is 19.5 Å². The van der Waals surface area contributed by atoms with E-state index in [4.69, 9.17) is 14.7 Å². The molecule has 0 fully saturated rings. The quantitative estimate of drug-likeness (QED) is 0.375. The van der Waals surface area contributed by atoms with E-state index in [1.54, 1.807) is 0 Å². The van der Waals surface area contributed by atoms with Gasteiger partial charge in [-0.1, -0.05) is 0 Å². The number of carbonyl (C=O) groups excluding carboxylic acids is 1. The fourth-order valence-corrected chi connectivity index (χ4v) is 0.981. The number of rotatable bonds is 2. The Balaban J connectivity index is 3.55. The summed E-state index contributed by atoms with van der Waals surface area (Å²) in [6, 6.07) is 0. The topological polar surface area (TPSA) is 77.8 Å². The summed E-state index contributed by atoms with van der Waals surface area (Å²) in [5, 5.41) is -0.953. The second-order valence-corrected chi connectivity index (χ2v) is 3.33. The lowest BCUT2D eigenvalue weighted by Gasteiger charge is -1.96. The van der Waals surface area contributed by atoms with Crippen LogP contribution in [0.3, 0.4) is 0 Å². The Bertz CT molecular complexity index is 96.7. The van der Waals surface area contributed by atoms with Gasteiger partial charge < -0.3 is 0 Å². The first-order chi connectivity index (χ1) is 3.42. The maximum absolute atomic E-state index is 9.77. The zero-order chi connectivity index (χ0) is 6.78. The summed E-state index contributed by atoms with van der Waals surface area (Å²) in [6.07, 6.45) is -0.769. The van der Waals surface area contributed by atoms with E-state index in [0.29, 0.717) is 0 Å². The molecule has 0 rings (SSSR count). The van der Waals surface area contributed by atoms with E-state index in [9.17, 15) is 4.79 Å². The number of carbonyl (C=O) groups is 1. The van der Waals surface area contributed by atoms with Gasteiger partial charge in [0.15, 0.2) is 0 Å². The minimum atomic E-state index is -3.95. The van der Waals surface area contributed by atoms with Crippen LogP contribution in [-0.2, 0) is 4.79 Å². The average molecular weight is 159 g/mol. The number of hydrogen-bond acceptors (Lipinski definition) is 4. The predicted octanol–water partition coefficient (Wildman–Crippen LogP) is -0.509. The molecule has 0 aliphatic rings. The molecule has 0 radical (unpaired) electrons. The Morgan fingerprint density at radius 2 is 1.88 bits per heavy atom. The van der Waals surface area contributed by atoms with Gasteiger partial charge in [-0.25, -0.2) is 0 Å². The highest BCUT2D eigenvalue weighted by Crippen LogP contribution is 2.44. The van der Waals surface area contributed by atoms with Crippen molar-refractivity contribution in [2.45, 2.75) is 0 Å². The Labute approximate surface area is 51.3 Å². The van der Waals surface area contributed by atoms with Crippen LogP contribution in [0.15, 0.2) is 0 Å². The molecular formula is C2H5ClO4P+. The van der Waals surface area contributed by atoms with Crippen LogP contribution in [0.25, 0.3) is 0 Å². The van der Waals surface area contributed by atoms with Gasteiger partial charge in [0.25, 0.3) is 5.24 Å². The van der Waals surface area contributed by atoms with E-state index in [0.717, 1.165) is 0 Å². The third-order valence-corrected chi connectivity index (χ3v) is 1.37. The first-order valence-corrected chi connectivity index (χ1v) is 3.87. The molecule has 0 unspecified atom stereocenters. The van der Waals surface area contributed by atoms with Crippen molar-refractivity contribution in [3.63, 3.8) is 0 Å². The van der Waals surface area contributed by atoms with Crippen molar-refractivity contribution in [1.82, 2.24) is 0 Å². The van der Waals surface area contributed by atoms with Crippen LogP contribution in [0.2, 0.25) is 0 Å². The molecule has 0 bridgehead atoms. The molecular weight excluding hydrogens is 154 g/mol. The van der Waals surface area contributed by atoms with E-state index in [2.05, 4.69) is 11.6 Å². The second kappa shape index (κ2) is 2.71. The normalized spacial score (nSPS) is 11.5. The molecule has 0 aliphatic carbocycles. The zero-order valence-corrected chi connectivity index (χ0v) is 5.43. The SMILES string of the molecule is O=C(Cl)C[P+](O)(O)O. The van der Waals surface area contributed by atoms with Gasteiger partial charge in [0, 0.05) is 0 Å². The number of hydrogen-bond donors (Lipinski definition) is 3. The average Bonchev–Trinajstić information content (AvgIpc) is 1.21. The van der Waals surface area contributed by atoms with Gasteiger partial charge in [0.05, 0.1) is 0 Å². The standard InChI is InChI=1S/C2H5ClO4P/c3-2(4)1-8(5,6)7/h5-7H,1H2/q+1. The third kappa shape index (κ3) is 6.27. The summed E-state index contributed by atoms with van der Waals surface area (Å²) >= 11 is 4.67. The molecule has 0 aromatic rings. The zero-order valence-electron chi connectivity index (χ0n) is 3.78. The molecule has 0 spiro atoms. The van der Waals surface area contributed by atoms with Gasteiger partial charge in [-0.05, 0) is 11.6 Å². The molecule has 48 valence electrons. The van der Waals surface area contributed by atoms with E-state index >= 15 is 0 Å². The van der Waals surface area contributed by atoms with Gasteiger partial charge in [-0.15, -0.1) is 0 Å². The van der Waals surface area contributed by atoms with Gasteiger partial charge >= 0.3 is 7.94 Å². The molecule has 4 nitrogen and oxygen atoms in total. The van der Waals surface area contributed by atoms with Crippen LogP contribution in [0.5, 0.6) is 0 Å². The van der Waals surface area contributed by atoms with Crippen molar-refractivity contribution in [1.29, 1.82) is 0 Å². The molecule has 0 heterocycles. The number of halogens is 1. The Morgan fingerprint density at radius 1 is 1.50 bits per heavy atom. The molecule has 0 aliphatic heterocycles. The van der Waals surface area contributed by atoms with E-state index < -0.39 is 19.3 Å². The Morgan fingerprint density at radius 3 is 1.88 bits per heavy atom. The van der Waals surface area contributed by atoms with Gasteiger partial charge in [0.2, 0.25) is 6.16 Å². The molecule has 0 aromatic carbocycles. The van der Waals surface area contributed by atoms with Gasteiger partial charge in [-0.3, -0.25) is 4.79 Å². The Kier molecular flexibility index (Phi) is 2.80. The van der Waals surface area contributed by atoms with Crippen LogP contribution < -0.4 is 0 Å². The van der Waals surface area contributed by atoms with Crippen LogP contribution in [0.4, 0.5) is 0 Å². The smallest absolute Gasteiger partial charge is 0.277 e. The molecule has 6 heteroatoms. The van der Waals surface area contributed by atoms with E-state index in [-0.39, 0.29) is 0 Å². The van der Waals surface area contributed by atoms with E-state index in [1.165, 1.54) is 0 Å². The molecule has 8 heavy (non-hydrogen) atoms. The van der Waals surface area contributed by atoms with Crippen molar-refractivity contribution in [3.05, 3.63) is 0 Å². The fraction of sp³-hybridized carbons (Fsp3) is 0.500.